The summed E-state index contributed by atoms with van der Waals surface area (Å²) in [4.78, 5) is 17.1. The van der Waals surface area contributed by atoms with E-state index in [-0.39, 0.29) is 28.5 Å². The van der Waals surface area contributed by atoms with Crippen LogP contribution in [0.5, 0.6) is 0 Å². The van der Waals surface area contributed by atoms with Crippen LogP contribution in [0.15, 0.2) is 82.3 Å². The monoisotopic (exact) mass is 558 g/mol. The van der Waals surface area contributed by atoms with Crippen LogP contribution in [0.2, 0.25) is 5.02 Å². The Balaban J connectivity index is 1.60. The molecule has 0 aliphatic heterocycles. The molecule has 0 spiro atoms. The number of hydrogen-bond donors (Lipinski definition) is 1. The van der Waals surface area contributed by atoms with Crippen molar-refractivity contribution in [1.82, 2.24) is 4.98 Å². The van der Waals surface area contributed by atoms with E-state index in [1.54, 1.807) is 36.4 Å². The van der Waals surface area contributed by atoms with Gasteiger partial charge in [0.1, 0.15) is 28.5 Å². The molecule has 0 unspecified atom stereocenters. The molecule has 0 radical (unpaired) electrons. The highest BCUT2D eigenvalue weighted by atomic mass is 79.9. The molecule has 4 aromatic rings. The highest BCUT2D eigenvalue weighted by molar-refractivity contribution is 9.10. The van der Waals surface area contributed by atoms with Crippen LogP contribution in [0.25, 0.3) is 22.3 Å². The van der Waals surface area contributed by atoms with Crippen LogP contribution in [0.4, 0.5) is 5.82 Å². The Hall–Kier alpha value is -3.62. The molecule has 0 bridgehead atoms. The number of nitrogens with zero attached hydrogens (tertiary/aromatic N) is 3. The minimum Gasteiger partial charge on any atom is -0.383 e. The van der Waals surface area contributed by atoms with Crippen molar-refractivity contribution in [1.29, 1.82) is 10.5 Å². The zero-order valence-corrected chi connectivity index (χ0v) is 21.3. The van der Waals surface area contributed by atoms with Gasteiger partial charge >= 0.3 is 0 Å². The summed E-state index contributed by atoms with van der Waals surface area (Å²) in [7, 11) is 0. The zero-order valence-electron chi connectivity index (χ0n) is 18.1. The molecule has 8 heteroatoms. The number of nitrogens with two attached hydrogens (primary N) is 1. The number of benzene rings is 3. The molecule has 0 amide bonds. The first-order valence-electron chi connectivity index (χ1n) is 10.3. The summed E-state index contributed by atoms with van der Waals surface area (Å²) in [5.74, 6) is -0.0647. The van der Waals surface area contributed by atoms with Gasteiger partial charge in [-0.15, -0.1) is 0 Å². The quantitative estimate of drug-likeness (QED) is 0.199. The van der Waals surface area contributed by atoms with Crippen molar-refractivity contribution in [3.63, 3.8) is 0 Å². The highest BCUT2D eigenvalue weighted by Gasteiger charge is 2.21. The summed E-state index contributed by atoms with van der Waals surface area (Å²) in [6.07, 6.45) is 0. The number of rotatable bonds is 6. The minimum atomic E-state index is -0.115. The molecule has 0 saturated carbocycles. The Morgan fingerprint density at radius 3 is 2.17 bits per heavy atom. The predicted octanol–water partition coefficient (Wildman–Crippen LogP) is 7.13. The number of aromatic nitrogens is 1. The first kappa shape index (κ1) is 24.5. The molecule has 1 heterocycles. The Bertz CT molecular complexity index is 1510. The van der Waals surface area contributed by atoms with Gasteiger partial charge in [-0.05, 0) is 41.0 Å². The number of halogens is 2. The lowest BCUT2D eigenvalue weighted by atomic mass is 9.97. The molecule has 0 aliphatic carbocycles. The van der Waals surface area contributed by atoms with Gasteiger partial charge in [-0.3, -0.25) is 4.79 Å². The van der Waals surface area contributed by atoms with Crippen LogP contribution in [0, 0.1) is 22.7 Å². The predicted molar refractivity (Wildman–Crippen MR) is 143 cm³/mol. The number of pyridine rings is 1. The number of nitrogen functional groups attached to an aromatic ring is 1. The fourth-order valence-corrected chi connectivity index (χ4v) is 4.89. The van der Waals surface area contributed by atoms with Crippen molar-refractivity contribution in [3.8, 4) is 34.4 Å². The minimum absolute atomic E-state index is 0.00437. The summed E-state index contributed by atoms with van der Waals surface area (Å²) in [6.45, 7) is 0. The van der Waals surface area contributed by atoms with Crippen molar-refractivity contribution in [2.24, 2.45) is 0 Å². The van der Waals surface area contributed by atoms with E-state index in [2.05, 4.69) is 27.0 Å². The second kappa shape index (κ2) is 10.8. The molecule has 0 fully saturated rings. The smallest absolute Gasteiger partial charge is 0.173 e. The molecule has 2 N–H and O–H groups in total. The Morgan fingerprint density at radius 1 is 0.943 bits per heavy atom. The third-order valence-electron chi connectivity index (χ3n) is 5.25. The highest BCUT2D eigenvalue weighted by Crippen LogP contribution is 2.36. The molecule has 1 aromatic heterocycles. The standard InChI is InChI=1S/C27H16BrClN4OS/c28-20-10-8-17(9-11-20)16-4-6-18(7-5-16)24(34)15-35-27-23(14-31)25(22(13-30)26(32)33-27)19-2-1-3-21(29)12-19/h1-12H,15H2,(H2,32,33). The summed E-state index contributed by atoms with van der Waals surface area (Å²) >= 11 is 10.7. The van der Waals surface area contributed by atoms with Gasteiger partial charge in [0.25, 0.3) is 0 Å². The van der Waals surface area contributed by atoms with Crippen molar-refractivity contribution in [2.75, 3.05) is 11.5 Å². The Morgan fingerprint density at radius 2 is 1.57 bits per heavy atom. The van der Waals surface area contributed by atoms with E-state index in [0.717, 1.165) is 27.4 Å². The SMILES string of the molecule is N#Cc1c(N)nc(SCC(=O)c2ccc(-c3ccc(Br)cc3)cc2)c(C#N)c1-c1cccc(Cl)c1. The third kappa shape index (κ3) is 5.39. The first-order chi connectivity index (χ1) is 16.9. The molecule has 35 heavy (non-hydrogen) atoms. The van der Waals surface area contributed by atoms with Gasteiger partial charge in [0.2, 0.25) is 0 Å². The number of nitriles is 2. The van der Waals surface area contributed by atoms with E-state index < -0.39 is 0 Å². The molecule has 170 valence electrons. The van der Waals surface area contributed by atoms with Gasteiger partial charge in [-0.25, -0.2) is 4.98 Å². The number of hydrogen-bond acceptors (Lipinski definition) is 6. The summed E-state index contributed by atoms with van der Waals surface area (Å²) in [5, 5.41) is 20.3. The maximum Gasteiger partial charge on any atom is 0.173 e. The largest absolute Gasteiger partial charge is 0.383 e. The van der Waals surface area contributed by atoms with Gasteiger partial charge in [-0.1, -0.05) is 87.8 Å². The van der Waals surface area contributed by atoms with Gasteiger partial charge in [-0.2, -0.15) is 10.5 Å². The van der Waals surface area contributed by atoms with Gasteiger partial charge in [0.15, 0.2) is 5.78 Å². The van der Waals surface area contributed by atoms with Crippen LogP contribution < -0.4 is 5.73 Å². The maximum absolute atomic E-state index is 12.9. The number of carbonyl (C=O) groups excluding carboxylic acids is 1. The van der Waals surface area contributed by atoms with Gasteiger partial charge < -0.3 is 5.73 Å². The van der Waals surface area contributed by atoms with Crippen LogP contribution in [0.3, 0.4) is 0 Å². The third-order valence-corrected chi connectivity index (χ3v) is 6.99. The van der Waals surface area contributed by atoms with E-state index in [4.69, 9.17) is 17.3 Å². The Labute approximate surface area is 220 Å². The maximum atomic E-state index is 12.9. The molecule has 4 rings (SSSR count). The normalized spacial score (nSPS) is 10.4. The molecular formula is C27H16BrClN4OS. The molecule has 0 saturated heterocycles. The van der Waals surface area contributed by atoms with Crippen LogP contribution in [0.1, 0.15) is 21.5 Å². The van der Waals surface area contributed by atoms with Gasteiger partial charge in [0.05, 0.1) is 11.3 Å². The summed E-state index contributed by atoms with van der Waals surface area (Å²) in [6, 6.07) is 26.3. The van der Waals surface area contributed by atoms with Gasteiger partial charge in [0, 0.05) is 20.6 Å². The second-order valence-corrected chi connectivity index (χ2v) is 9.77. The number of thioether (sulfide) groups is 1. The average Bonchev–Trinajstić information content (AvgIpc) is 2.87. The molecule has 0 atom stereocenters. The molecule has 5 nitrogen and oxygen atoms in total. The second-order valence-electron chi connectivity index (χ2n) is 7.46. The van der Waals surface area contributed by atoms with Crippen LogP contribution >= 0.6 is 39.3 Å². The number of anilines is 1. The summed E-state index contributed by atoms with van der Waals surface area (Å²) in [5.41, 5.74) is 9.87. The molecular weight excluding hydrogens is 544 g/mol. The Kier molecular flexibility index (Phi) is 7.53. The number of ketones is 1. The fourth-order valence-electron chi connectivity index (χ4n) is 3.54. The van der Waals surface area contributed by atoms with Crippen molar-refractivity contribution in [3.05, 3.63) is 99.0 Å². The number of carbonyl (C=O) groups is 1. The van der Waals surface area contributed by atoms with E-state index >= 15 is 0 Å². The zero-order chi connectivity index (χ0) is 24.9. The van der Waals surface area contributed by atoms with Crippen LogP contribution in [-0.4, -0.2) is 16.5 Å². The number of Topliss-reactive ketones (excluding diaryl/α,β-unsaturated/α-hetero) is 1. The lowest BCUT2D eigenvalue weighted by molar-refractivity contribution is 0.102. The first-order valence-corrected chi connectivity index (χ1v) is 12.5. The molecule has 3 aromatic carbocycles. The average molecular weight is 560 g/mol. The fraction of sp³-hybridized carbons (Fsp3) is 0.0370. The van der Waals surface area contributed by atoms with Crippen molar-refractivity contribution < 1.29 is 4.79 Å². The topological polar surface area (TPSA) is 104 Å². The van der Waals surface area contributed by atoms with Crippen LogP contribution in [-0.2, 0) is 0 Å². The lowest BCUT2D eigenvalue weighted by Crippen LogP contribution is -2.06. The van der Waals surface area contributed by atoms with Crippen molar-refractivity contribution >= 4 is 50.9 Å². The lowest BCUT2D eigenvalue weighted by Gasteiger charge is -2.13. The van der Waals surface area contributed by atoms with E-state index in [9.17, 15) is 15.3 Å². The van der Waals surface area contributed by atoms with E-state index in [1.807, 2.05) is 42.5 Å². The van der Waals surface area contributed by atoms with Crippen molar-refractivity contribution in [2.45, 2.75) is 5.03 Å². The van der Waals surface area contributed by atoms with E-state index in [0.29, 0.717) is 26.7 Å². The van der Waals surface area contributed by atoms with E-state index in [1.165, 1.54) is 0 Å². The molecule has 0 aliphatic rings. The summed E-state index contributed by atoms with van der Waals surface area (Å²) < 4.78 is 0.998.